The van der Waals surface area contributed by atoms with Gasteiger partial charge in [-0.3, -0.25) is 14.4 Å². The van der Waals surface area contributed by atoms with E-state index < -0.39 is 12.1 Å². The number of allylic oxidation sites excluding steroid dienone is 22. The molecule has 1 atom stereocenters. The van der Waals surface area contributed by atoms with Crippen LogP contribution < -0.4 is 0 Å². The van der Waals surface area contributed by atoms with E-state index >= 15 is 0 Å². The molecular weight excluding hydrogens is 721 g/mol. The van der Waals surface area contributed by atoms with Gasteiger partial charge >= 0.3 is 17.9 Å². The summed E-state index contributed by atoms with van der Waals surface area (Å²) in [5.74, 6) is -1.06. The molecule has 0 aliphatic rings. The highest BCUT2D eigenvalue weighted by Gasteiger charge is 2.19. The van der Waals surface area contributed by atoms with Crippen LogP contribution in [0.1, 0.15) is 156 Å². The molecule has 0 bridgehead atoms. The first-order valence-electron chi connectivity index (χ1n) is 22.3. The first-order chi connectivity index (χ1) is 28.5. The quantitative estimate of drug-likeness (QED) is 0.0205. The molecule has 0 N–H and O–H groups in total. The highest BCUT2D eigenvalue weighted by atomic mass is 16.6. The van der Waals surface area contributed by atoms with Gasteiger partial charge in [-0.2, -0.15) is 0 Å². The van der Waals surface area contributed by atoms with Crippen LogP contribution >= 0.6 is 0 Å². The number of ether oxygens (including phenoxy) is 3. The number of esters is 3. The Morgan fingerprint density at radius 2 is 0.724 bits per heavy atom. The summed E-state index contributed by atoms with van der Waals surface area (Å²) < 4.78 is 16.6. The van der Waals surface area contributed by atoms with Gasteiger partial charge in [0.05, 0.1) is 0 Å². The second-order valence-corrected chi connectivity index (χ2v) is 14.0. The molecule has 0 radical (unpaired) electrons. The Hall–Kier alpha value is -4.45. The zero-order valence-electron chi connectivity index (χ0n) is 36.5. The van der Waals surface area contributed by atoms with Crippen LogP contribution in [-0.4, -0.2) is 37.2 Å². The maximum Gasteiger partial charge on any atom is 0.306 e. The molecule has 1 unspecified atom stereocenters. The summed E-state index contributed by atoms with van der Waals surface area (Å²) in [5, 5.41) is 0. The Bertz CT molecular complexity index is 1330. The lowest BCUT2D eigenvalue weighted by Gasteiger charge is -2.18. The standard InChI is InChI=1S/C52H78O6/c1-4-7-10-13-16-19-22-25-28-30-33-36-39-42-45-51(54)57-48-49(58-52(55)46-43-40-37-34-31-27-24-21-18-15-12-9-6-3)47-56-50(53)44-41-38-35-32-29-26-23-20-17-14-11-8-5-2/h7-12,14-21,23-25,27-28,31,34,37,49H,4-6,13,22,26,29-30,32-33,35-36,38-48H2,1-3H3/b10-7-,11-8-,12-9-,17-14-,18-15-,19-16-,23-20-,24-21-,28-25-,31-27-,37-34-. The summed E-state index contributed by atoms with van der Waals surface area (Å²) >= 11 is 0. The molecule has 0 aromatic rings. The molecule has 0 aromatic heterocycles. The van der Waals surface area contributed by atoms with Crippen molar-refractivity contribution in [3.05, 3.63) is 134 Å². The summed E-state index contributed by atoms with van der Waals surface area (Å²) in [6.07, 6.45) is 63.0. The summed E-state index contributed by atoms with van der Waals surface area (Å²) in [6.45, 7) is 6.10. The molecule has 0 saturated carbocycles. The monoisotopic (exact) mass is 799 g/mol. The summed E-state index contributed by atoms with van der Waals surface area (Å²) in [5.41, 5.74) is 0. The summed E-state index contributed by atoms with van der Waals surface area (Å²) in [4.78, 5) is 37.7. The van der Waals surface area contributed by atoms with Crippen LogP contribution in [0.3, 0.4) is 0 Å². The van der Waals surface area contributed by atoms with Crippen molar-refractivity contribution >= 4 is 17.9 Å². The van der Waals surface area contributed by atoms with Crippen LogP contribution in [-0.2, 0) is 28.6 Å². The number of carbonyl (C=O) groups is 3. The van der Waals surface area contributed by atoms with Gasteiger partial charge < -0.3 is 14.2 Å². The van der Waals surface area contributed by atoms with Crippen molar-refractivity contribution in [1.29, 1.82) is 0 Å². The largest absolute Gasteiger partial charge is 0.462 e. The van der Waals surface area contributed by atoms with Gasteiger partial charge in [-0.05, 0) is 83.5 Å². The van der Waals surface area contributed by atoms with Gasteiger partial charge in [0.25, 0.3) is 0 Å². The average molecular weight is 799 g/mol. The van der Waals surface area contributed by atoms with E-state index in [9.17, 15) is 14.4 Å². The topological polar surface area (TPSA) is 78.9 Å². The fourth-order valence-electron chi connectivity index (χ4n) is 5.31. The van der Waals surface area contributed by atoms with Gasteiger partial charge in [-0.1, -0.05) is 187 Å². The third-order valence-electron chi connectivity index (χ3n) is 8.57. The van der Waals surface area contributed by atoms with Crippen molar-refractivity contribution in [2.24, 2.45) is 0 Å². The van der Waals surface area contributed by atoms with Gasteiger partial charge in [0, 0.05) is 19.3 Å². The van der Waals surface area contributed by atoms with E-state index in [0.717, 1.165) is 109 Å². The number of hydrogen-bond acceptors (Lipinski definition) is 6. The molecule has 0 aliphatic carbocycles. The molecule has 58 heavy (non-hydrogen) atoms. The van der Waals surface area contributed by atoms with E-state index in [1.807, 2.05) is 60.8 Å². The number of carbonyl (C=O) groups excluding carboxylic acids is 3. The first kappa shape index (κ1) is 53.6. The minimum absolute atomic E-state index is 0.131. The minimum atomic E-state index is -0.836. The Morgan fingerprint density at radius 3 is 1.22 bits per heavy atom. The van der Waals surface area contributed by atoms with Crippen LogP contribution in [0.5, 0.6) is 0 Å². The SMILES string of the molecule is CC\C=C/C=C\C=C/C=C\C=C/CCCC(=O)OC(COC(=O)CCCCCC/C=C\C/C=C\C/C=C\CC)COC(=O)CCCCCCC\C=C/C=C\C=C/CC. The zero-order chi connectivity index (χ0) is 42.3. The molecule has 322 valence electrons. The molecule has 0 spiro atoms. The van der Waals surface area contributed by atoms with Crippen molar-refractivity contribution in [2.75, 3.05) is 13.2 Å². The summed E-state index contributed by atoms with van der Waals surface area (Å²) in [7, 11) is 0. The van der Waals surface area contributed by atoms with E-state index in [1.165, 1.54) is 0 Å². The molecule has 6 nitrogen and oxygen atoms in total. The second kappa shape index (κ2) is 45.3. The molecule has 0 amide bonds. The maximum atomic E-state index is 12.7. The van der Waals surface area contributed by atoms with Crippen LogP contribution in [0.4, 0.5) is 0 Å². The third-order valence-corrected chi connectivity index (χ3v) is 8.57. The lowest BCUT2D eigenvalue weighted by molar-refractivity contribution is -0.167. The van der Waals surface area contributed by atoms with E-state index in [2.05, 4.69) is 93.7 Å². The normalized spacial score (nSPS) is 13.4. The van der Waals surface area contributed by atoms with Crippen LogP contribution in [0, 0.1) is 0 Å². The molecule has 0 saturated heterocycles. The van der Waals surface area contributed by atoms with E-state index in [1.54, 1.807) is 0 Å². The summed E-state index contributed by atoms with van der Waals surface area (Å²) in [6, 6.07) is 0. The van der Waals surface area contributed by atoms with Gasteiger partial charge in [-0.15, -0.1) is 0 Å². The van der Waals surface area contributed by atoms with Crippen molar-refractivity contribution in [3.63, 3.8) is 0 Å². The molecule has 6 heteroatoms. The highest BCUT2D eigenvalue weighted by Crippen LogP contribution is 2.11. The maximum absolute atomic E-state index is 12.7. The predicted octanol–water partition coefficient (Wildman–Crippen LogP) is 14.4. The van der Waals surface area contributed by atoms with Crippen molar-refractivity contribution < 1.29 is 28.6 Å². The molecular formula is C52H78O6. The molecule has 0 fully saturated rings. The average Bonchev–Trinajstić information content (AvgIpc) is 3.22. The Kier molecular flexibility index (Phi) is 41.8. The molecule has 0 aliphatic heterocycles. The van der Waals surface area contributed by atoms with Crippen molar-refractivity contribution in [1.82, 2.24) is 0 Å². The van der Waals surface area contributed by atoms with Crippen molar-refractivity contribution in [2.45, 2.75) is 162 Å². The van der Waals surface area contributed by atoms with Crippen LogP contribution in [0.25, 0.3) is 0 Å². The fourth-order valence-corrected chi connectivity index (χ4v) is 5.31. The van der Waals surface area contributed by atoms with E-state index in [-0.39, 0.29) is 31.6 Å². The number of unbranched alkanes of at least 4 members (excludes halogenated alkanes) is 10. The van der Waals surface area contributed by atoms with Crippen LogP contribution in [0.15, 0.2) is 134 Å². The fraction of sp³-hybridized carbons (Fsp3) is 0.519. The lowest BCUT2D eigenvalue weighted by Crippen LogP contribution is -2.30. The second-order valence-electron chi connectivity index (χ2n) is 14.0. The highest BCUT2D eigenvalue weighted by molar-refractivity contribution is 5.71. The zero-order valence-corrected chi connectivity index (χ0v) is 36.5. The van der Waals surface area contributed by atoms with Crippen LogP contribution in [0.2, 0.25) is 0 Å². The smallest absolute Gasteiger partial charge is 0.306 e. The van der Waals surface area contributed by atoms with Gasteiger partial charge in [0.15, 0.2) is 6.10 Å². The number of hydrogen-bond donors (Lipinski definition) is 0. The lowest BCUT2D eigenvalue weighted by atomic mass is 10.1. The number of rotatable bonds is 37. The molecule has 0 aromatic carbocycles. The molecule has 0 heterocycles. The predicted molar refractivity (Wildman–Crippen MR) is 246 cm³/mol. The van der Waals surface area contributed by atoms with Crippen molar-refractivity contribution in [3.8, 4) is 0 Å². The van der Waals surface area contributed by atoms with Gasteiger partial charge in [-0.25, -0.2) is 0 Å². The minimum Gasteiger partial charge on any atom is -0.462 e. The Labute approximate surface area is 354 Å². The third kappa shape index (κ3) is 42.7. The van der Waals surface area contributed by atoms with E-state index in [4.69, 9.17) is 14.2 Å². The molecule has 0 rings (SSSR count). The first-order valence-corrected chi connectivity index (χ1v) is 22.3. The Morgan fingerprint density at radius 1 is 0.362 bits per heavy atom. The van der Waals surface area contributed by atoms with E-state index in [0.29, 0.717) is 19.3 Å². The Balaban J connectivity index is 4.61. The van der Waals surface area contributed by atoms with Gasteiger partial charge in [0.1, 0.15) is 13.2 Å². The van der Waals surface area contributed by atoms with Gasteiger partial charge in [0.2, 0.25) is 0 Å².